The summed E-state index contributed by atoms with van der Waals surface area (Å²) in [7, 11) is 0. The molecule has 5 rings (SSSR count). The van der Waals surface area contributed by atoms with Gasteiger partial charge in [0.05, 0.1) is 12.0 Å². The summed E-state index contributed by atoms with van der Waals surface area (Å²) in [6.07, 6.45) is 5.60. The monoisotopic (exact) mass is 420 g/mol. The molecule has 0 spiro atoms. The van der Waals surface area contributed by atoms with E-state index in [0.29, 0.717) is 28.8 Å². The Labute approximate surface area is 174 Å². The lowest BCUT2D eigenvalue weighted by Crippen LogP contribution is -2.56. The molecule has 2 unspecified atom stereocenters. The molecule has 0 saturated heterocycles. The summed E-state index contributed by atoms with van der Waals surface area (Å²) in [5.74, 6) is -0.580. The van der Waals surface area contributed by atoms with Crippen LogP contribution in [0.1, 0.15) is 55.3 Å². The molecule has 8 heteroatoms. The number of amides is 2. The van der Waals surface area contributed by atoms with Crippen LogP contribution in [0.2, 0.25) is 5.02 Å². The number of halogens is 1. The first-order valence-electron chi connectivity index (χ1n) is 9.97. The molecule has 0 heterocycles. The molecule has 3 N–H and O–H groups in total. The Morgan fingerprint density at radius 3 is 2.34 bits per heavy atom. The van der Waals surface area contributed by atoms with Crippen molar-refractivity contribution in [1.82, 2.24) is 10.9 Å². The molecule has 4 saturated carbocycles. The number of hydrogen-bond donors (Lipinski definition) is 3. The van der Waals surface area contributed by atoms with Gasteiger partial charge in [0, 0.05) is 10.6 Å². The maximum atomic E-state index is 12.3. The Bertz CT molecular complexity index is 811. The van der Waals surface area contributed by atoms with Crippen LogP contribution in [0.3, 0.4) is 0 Å². The van der Waals surface area contributed by atoms with Crippen molar-refractivity contribution in [3.05, 3.63) is 34.9 Å². The Kier molecular flexibility index (Phi) is 5.29. The first-order valence-corrected chi connectivity index (χ1v) is 10.3. The molecular formula is C21H25ClN2O5. The zero-order valence-corrected chi connectivity index (χ0v) is 16.8. The third kappa shape index (κ3) is 4.56. The first-order chi connectivity index (χ1) is 13.7. The van der Waals surface area contributed by atoms with E-state index in [0.717, 1.165) is 32.1 Å². The van der Waals surface area contributed by atoms with Gasteiger partial charge < -0.3 is 9.84 Å². The number of benzene rings is 1. The van der Waals surface area contributed by atoms with E-state index in [1.807, 2.05) is 0 Å². The summed E-state index contributed by atoms with van der Waals surface area (Å²) in [5.41, 5.74) is 4.00. The van der Waals surface area contributed by atoms with Gasteiger partial charge in [-0.15, -0.1) is 0 Å². The highest BCUT2D eigenvalue weighted by atomic mass is 35.5. The maximum absolute atomic E-state index is 12.3. The van der Waals surface area contributed by atoms with E-state index in [9.17, 15) is 19.5 Å². The molecule has 1 aromatic rings. The van der Waals surface area contributed by atoms with Crippen molar-refractivity contribution in [2.75, 3.05) is 6.61 Å². The van der Waals surface area contributed by atoms with Gasteiger partial charge in [0.25, 0.3) is 11.8 Å². The Hall–Kier alpha value is -2.12. The van der Waals surface area contributed by atoms with E-state index in [1.165, 1.54) is 12.1 Å². The van der Waals surface area contributed by atoms with Crippen LogP contribution in [0.5, 0.6) is 0 Å². The summed E-state index contributed by atoms with van der Waals surface area (Å²) < 4.78 is 5.13. The van der Waals surface area contributed by atoms with E-state index >= 15 is 0 Å². The number of rotatable bonds is 5. The smallest absolute Gasteiger partial charge is 0.306 e. The van der Waals surface area contributed by atoms with Gasteiger partial charge in [-0.1, -0.05) is 11.6 Å². The van der Waals surface area contributed by atoms with Crippen LogP contribution >= 0.6 is 11.6 Å². The summed E-state index contributed by atoms with van der Waals surface area (Å²) in [4.78, 5) is 36.2. The van der Waals surface area contributed by atoms with Crippen molar-refractivity contribution in [2.45, 2.75) is 50.5 Å². The normalized spacial score (nSPS) is 31.9. The molecule has 4 atom stereocenters. The quantitative estimate of drug-likeness (QED) is 0.501. The standard InChI is InChI=1S/C21H25ClN2O5/c22-16-3-1-15(2-4-16)19(27)24-23-17(25)11-29-18(26)10-20-6-13-5-14(7-20)9-21(28,8-13)12-20/h1-4,13-14,28H,5-12H2,(H,23,25)(H,24,27)/t13-,14+,20?,21?. The molecule has 0 radical (unpaired) electrons. The van der Waals surface area contributed by atoms with Gasteiger partial charge in [0.15, 0.2) is 6.61 Å². The SMILES string of the molecule is O=C(COC(=O)CC12C[C@@H]3C[C@@H](CC(O)(C3)C1)C2)NNC(=O)c1ccc(Cl)cc1. The Morgan fingerprint density at radius 1 is 1.07 bits per heavy atom. The average molecular weight is 421 g/mol. The van der Waals surface area contributed by atoms with E-state index in [-0.39, 0.29) is 11.8 Å². The molecule has 4 fully saturated rings. The number of carbonyl (C=O) groups is 3. The third-order valence-electron chi connectivity index (χ3n) is 6.46. The Morgan fingerprint density at radius 2 is 1.72 bits per heavy atom. The molecule has 1 aromatic carbocycles. The number of aliphatic hydroxyl groups is 1. The largest absolute Gasteiger partial charge is 0.455 e. The summed E-state index contributed by atoms with van der Waals surface area (Å²) in [6, 6.07) is 6.20. The lowest BCUT2D eigenvalue weighted by atomic mass is 9.47. The van der Waals surface area contributed by atoms with Crippen molar-refractivity contribution in [3.63, 3.8) is 0 Å². The van der Waals surface area contributed by atoms with Gasteiger partial charge in [-0.05, 0) is 80.0 Å². The van der Waals surface area contributed by atoms with Crippen LogP contribution in [-0.2, 0) is 14.3 Å². The number of esters is 1. The average Bonchev–Trinajstić information content (AvgIpc) is 2.62. The van der Waals surface area contributed by atoms with Crippen molar-refractivity contribution in [1.29, 1.82) is 0 Å². The number of hydrogen-bond acceptors (Lipinski definition) is 5. The molecule has 29 heavy (non-hydrogen) atoms. The van der Waals surface area contributed by atoms with Gasteiger partial charge in [-0.2, -0.15) is 0 Å². The van der Waals surface area contributed by atoms with E-state index in [1.54, 1.807) is 12.1 Å². The van der Waals surface area contributed by atoms with Crippen LogP contribution in [-0.4, -0.2) is 35.1 Å². The second kappa shape index (κ2) is 7.61. The number of hydrazine groups is 1. The van der Waals surface area contributed by atoms with Crippen LogP contribution in [0, 0.1) is 17.3 Å². The minimum absolute atomic E-state index is 0.199. The summed E-state index contributed by atoms with van der Waals surface area (Å²) in [6.45, 7) is -0.465. The zero-order valence-electron chi connectivity index (χ0n) is 16.1. The fourth-order valence-corrected chi connectivity index (χ4v) is 6.07. The molecule has 7 nitrogen and oxygen atoms in total. The molecule has 2 amide bonds. The van der Waals surface area contributed by atoms with E-state index in [2.05, 4.69) is 10.9 Å². The van der Waals surface area contributed by atoms with Gasteiger partial charge in [-0.25, -0.2) is 0 Å². The van der Waals surface area contributed by atoms with Crippen LogP contribution in [0.25, 0.3) is 0 Å². The highest BCUT2D eigenvalue weighted by Crippen LogP contribution is 2.62. The van der Waals surface area contributed by atoms with Crippen molar-refractivity contribution in [2.24, 2.45) is 17.3 Å². The molecule has 4 aliphatic carbocycles. The Balaban J connectivity index is 1.22. The van der Waals surface area contributed by atoms with Crippen LogP contribution in [0.15, 0.2) is 24.3 Å². The minimum Gasteiger partial charge on any atom is -0.455 e. The van der Waals surface area contributed by atoms with Gasteiger partial charge in [0.1, 0.15) is 0 Å². The number of nitrogens with one attached hydrogen (secondary N) is 2. The molecule has 4 aliphatic rings. The molecule has 0 aromatic heterocycles. The predicted molar refractivity (Wildman–Crippen MR) is 105 cm³/mol. The van der Waals surface area contributed by atoms with Crippen molar-refractivity contribution < 1.29 is 24.2 Å². The van der Waals surface area contributed by atoms with Crippen LogP contribution in [0.4, 0.5) is 0 Å². The van der Waals surface area contributed by atoms with Gasteiger partial charge in [0.2, 0.25) is 0 Å². The topological polar surface area (TPSA) is 105 Å². The number of carbonyl (C=O) groups excluding carboxylic acids is 3. The second-order valence-corrected chi connectivity index (χ2v) is 9.47. The lowest BCUT2D eigenvalue weighted by Gasteiger charge is -2.60. The minimum atomic E-state index is -0.631. The molecule has 4 bridgehead atoms. The first kappa shape index (κ1) is 20.2. The predicted octanol–water partition coefficient (Wildman–Crippen LogP) is 2.37. The summed E-state index contributed by atoms with van der Waals surface area (Å²) in [5, 5.41) is 11.3. The molecule has 156 valence electrons. The molecular weight excluding hydrogens is 396 g/mol. The number of ether oxygens (including phenoxy) is 1. The molecule has 0 aliphatic heterocycles. The van der Waals surface area contributed by atoms with Crippen molar-refractivity contribution in [3.8, 4) is 0 Å². The fraction of sp³-hybridized carbons (Fsp3) is 0.571. The highest BCUT2D eigenvalue weighted by Gasteiger charge is 2.57. The lowest BCUT2D eigenvalue weighted by molar-refractivity contribution is -0.177. The summed E-state index contributed by atoms with van der Waals surface area (Å²) >= 11 is 5.77. The second-order valence-electron chi connectivity index (χ2n) is 9.03. The van der Waals surface area contributed by atoms with E-state index in [4.69, 9.17) is 16.3 Å². The third-order valence-corrected chi connectivity index (χ3v) is 6.71. The van der Waals surface area contributed by atoms with Crippen LogP contribution < -0.4 is 10.9 Å². The highest BCUT2D eigenvalue weighted by molar-refractivity contribution is 6.30. The maximum Gasteiger partial charge on any atom is 0.306 e. The van der Waals surface area contributed by atoms with Gasteiger partial charge in [-0.3, -0.25) is 25.2 Å². The fourth-order valence-electron chi connectivity index (χ4n) is 5.95. The van der Waals surface area contributed by atoms with Crippen molar-refractivity contribution >= 4 is 29.4 Å². The van der Waals surface area contributed by atoms with Gasteiger partial charge >= 0.3 is 5.97 Å². The zero-order chi connectivity index (χ0) is 20.6. The van der Waals surface area contributed by atoms with E-state index < -0.39 is 30.0 Å².